The van der Waals surface area contributed by atoms with E-state index in [0.29, 0.717) is 37.4 Å². The smallest absolute Gasteiger partial charge is 0.141 e. The molecule has 4 nitrogen and oxygen atoms in total. The van der Waals surface area contributed by atoms with E-state index in [9.17, 15) is 4.79 Å². The Hall–Kier alpha value is -0.450. The van der Waals surface area contributed by atoms with Crippen LogP contribution < -0.4 is 0 Å². The van der Waals surface area contributed by atoms with Gasteiger partial charge in [0.25, 0.3) is 0 Å². The first-order valence-corrected chi connectivity index (χ1v) is 9.26. The van der Waals surface area contributed by atoms with Gasteiger partial charge in [-0.1, -0.05) is 13.8 Å². The van der Waals surface area contributed by atoms with Crippen molar-refractivity contribution in [3.8, 4) is 0 Å². The highest BCUT2D eigenvalue weighted by molar-refractivity contribution is 5.85. The normalized spacial score (nSPS) is 19.0. The van der Waals surface area contributed by atoms with E-state index < -0.39 is 0 Å². The highest BCUT2D eigenvalue weighted by Gasteiger charge is 2.41. The van der Waals surface area contributed by atoms with Crippen LogP contribution in [0.2, 0.25) is 0 Å². The standard InChI is InChI=1S/C19H38N2O2/c1-16(2)7-8-18(22)19(15-23-14-13-20(5)6)9-11-21(12-10-19)17(3)4/h16-17H,7-15H2,1-6H3. The van der Waals surface area contributed by atoms with Crippen molar-refractivity contribution >= 4 is 5.78 Å². The van der Waals surface area contributed by atoms with Crippen LogP contribution in [0.15, 0.2) is 0 Å². The van der Waals surface area contributed by atoms with E-state index in [0.717, 1.165) is 38.9 Å². The molecule has 0 aromatic heterocycles. The maximum atomic E-state index is 12.9. The number of carbonyl (C=O) groups is 1. The summed E-state index contributed by atoms with van der Waals surface area (Å²) in [5.41, 5.74) is -0.243. The Bertz CT molecular complexity index is 345. The van der Waals surface area contributed by atoms with E-state index in [4.69, 9.17) is 4.74 Å². The fraction of sp³-hybridized carbons (Fsp3) is 0.947. The molecule has 0 N–H and O–H groups in total. The summed E-state index contributed by atoms with van der Waals surface area (Å²) in [6.45, 7) is 13.1. The van der Waals surface area contributed by atoms with Crippen molar-refractivity contribution in [2.75, 3.05) is 46.9 Å². The van der Waals surface area contributed by atoms with Crippen molar-refractivity contribution in [2.24, 2.45) is 11.3 Å². The predicted octanol–water partition coefficient (Wildman–Crippen LogP) is 3.06. The second-order valence-electron chi connectivity index (χ2n) is 8.12. The van der Waals surface area contributed by atoms with Crippen molar-refractivity contribution in [2.45, 2.75) is 59.4 Å². The molecule has 0 atom stereocenters. The number of carbonyl (C=O) groups excluding carboxylic acids is 1. The summed E-state index contributed by atoms with van der Waals surface area (Å²) in [4.78, 5) is 17.5. The molecule has 0 aromatic carbocycles. The quantitative estimate of drug-likeness (QED) is 0.578. The number of nitrogens with zero attached hydrogens (tertiary/aromatic N) is 2. The maximum absolute atomic E-state index is 12.9. The lowest BCUT2D eigenvalue weighted by molar-refractivity contribution is -0.137. The summed E-state index contributed by atoms with van der Waals surface area (Å²) in [5.74, 6) is 1.01. The van der Waals surface area contributed by atoms with Gasteiger partial charge in [-0.05, 0) is 66.2 Å². The fourth-order valence-electron chi connectivity index (χ4n) is 3.17. The topological polar surface area (TPSA) is 32.8 Å². The molecular formula is C19H38N2O2. The van der Waals surface area contributed by atoms with Gasteiger partial charge in [0.2, 0.25) is 0 Å². The largest absolute Gasteiger partial charge is 0.379 e. The number of hydrogen-bond donors (Lipinski definition) is 0. The second-order valence-corrected chi connectivity index (χ2v) is 8.12. The van der Waals surface area contributed by atoms with Gasteiger partial charge >= 0.3 is 0 Å². The Kier molecular flexibility index (Phi) is 8.73. The number of ketones is 1. The van der Waals surface area contributed by atoms with Gasteiger partial charge in [0.1, 0.15) is 5.78 Å². The van der Waals surface area contributed by atoms with Crippen LogP contribution in [0.5, 0.6) is 0 Å². The molecule has 23 heavy (non-hydrogen) atoms. The number of likely N-dealkylation sites (N-methyl/N-ethyl adjacent to an activating group) is 1. The minimum absolute atomic E-state index is 0.243. The maximum Gasteiger partial charge on any atom is 0.141 e. The first-order valence-electron chi connectivity index (χ1n) is 9.26. The molecule has 0 saturated carbocycles. The molecule has 0 radical (unpaired) electrons. The molecular weight excluding hydrogens is 288 g/mol. The van der Waals surface area contributed by atoms with Crippen LogP contribution in [0, 0.1) is 11.3 Å². The molecule has 1 fully saturated rings. The Morgan fingerprint density at radius 3 is 2.26 bits per heavy atom. The summed E-state index contributed by atoms with van der Waals surface area (Å²) in [6.07, 6.45) is 3.59. The number of hydrogen-bond acceptors (Lipinski definition) is 4. The minimum Gasteiger partial charge on any atom is -0.379 e. The van der Waals surface area contributed by atoms with Crippen molar-refractivity contribution in [1.82, 2.24) is 9.80 Å². The highest BCUT2D eigenvalue weighted by atomic mass is 16.5. The van der Waals surface area contributed by atoms with Crippen LogP contribution in [-0.4, -0.2) is 68.6 Å². The SMILES string of the molecule is CC(C)CCC(=O)C1(COCCN(C)C)CCN(C(C)C)CC1. The van der Waals surface area contributed by atoms with Crippen molar-refractivity contribution in [3.05, 3.63) is 0 Å². The van der Waals surface area contributed by atoms with E-state index in [-0.39, 0.29) is 5.41 Å². The Morgan fingerprint density at radius 2 is 1.78 bits per heavy atom. The summed E-state index contributed by atoms with van der Waals surface area (Å²) < 4.78 is 5.93. The van der Waals surface area contributed by atoms with Crippen LogP contribution in [0.25, 0.3) is 0 Å². The molecule has 1 aliphatic rings. The summed E-state index contributed by atoms with van der Waals surface area (Å²) in [7, 11) is 4.10. The minimum atomic E-state index is -0.243. The monoisotopic (exact) mass is 326 g/mol. The molecule has 0 unspecified atom stereocenters. The van der Waals surface area contributed by atoms with Crippen LogP contribution in [0.3, 0.4) is 0 Å². The van der Waals surface area contributed by atoms with Gasteiger partial charge in [-0.15, -0.1) is 0 Å². The molecule has 4 heteroatoms. The Morgan fingerprint density at radius 1 is 1.17 bits per heavy atom. The molecule has 0 aromatic rings. The number of piperidine rings is 1. The average Bonchev–Trinajstić information content (AvgIpc) is 2.49. The summed E-state index contributed by atoms with van der Waals surface area (Å²) in [6, 6.07) is 0.563. The van der Waals surface area contributed by atoms with E-state index in [1.807, 2.05) is 14.1 Å². The first kappa shape index (κ1) is 20.6. The van der Waals surface area contributed by atoms with Gasteiger partial charge in [0.05, 0.1) is 18.6 Å². The van der Waals surface area contributed by atoms with Gasteiger partial charge < -0.3 is 14.5 Å². The summed E-state index contributed by atoms with van der Waals surface area (Å²) in [5, 5.41) is 0. The second kappa shape index (κ2) is 9.75. The highest BCUT2D eigenvalue weighted by Crippen LogP contribution is 2.35. The van der Waals surface area contributed by atoms with Crippen LogP contribution >= 0.6 is 0 Å². The lowest BCUT2D eigenvalue weighted by Crippen LogP contribution is -2.49. The van der Waals surface area contributed by atoms with Crippen LogP contribution in [0.1, 0.15) is 53.4 Å². The lowest BCUT2D eigenvalue weighted by atomic mass is 9.73. The average molecular weight is 327 g/mol. The zero-order valence-electron chi connectivity index (χ0n) is 16.2. The first-order chi connectivity index (χ1) is 10.8. The number of ether oxygens (including phenoxy) is 1. The van der Waals surface area contributed by atoms with Gasteiger partial charge in [0.15, 0.2) is 0 Å². The van der Waals surface area contributed by atoms with E-state index in [1.54, 1.807) is 0 Å². The van der Waals surface area contributed by atoms with Crippen molar-refractivity contribution in [3.63, 3.8) is 0 Å². The predicted molar refractivity (Wildman–Crippen MR) is 96.8 cm³/mol. The third kappa shape index (κ3) is 6.90. The lowest BCUT2D eigenvalue weighted by Gasteiger charge is -2.42. The molecule has 0 spiro atoms. The van der Waals surface area contributed by atoms with Crippen molar-refractivity contribution in [1.29, 1.82) is 0 Å². The molecule has 1 saturated heterocycles. The zero-order chi connectivity index (χ0) is 17.5. The zero-order valence-corrected chi connectivity index (χ0v) is 16.2. The van der Waals surface area contributed by atoms with Crippen LogP contribution in [0.4, 0.5) is 0 Å². The molecule has 136 valence electrons. The van der Waals surface area contributed by atoms with E-state index in [2.05, 4.69) is 37.5 Å². The Balaban J connectivity index is 2.62. The number of Topliss-reactive ketones (excluding diaryl/α,β-unsaturated/α-hetero) is 1. The molecule has 0 amide bonds. The van der Waals surface area contributed by atoms with Gasteiger partial charge in [0, 0.05) is 19.0 Å². The van der Waals surface area contributed by atoms with E-state index in [1.165, 1.54) is 0 Å². The fourth-order valence-corrected chi connectivity index (χ4v) is 3.17. The van der Waals surface area contributed by atoms with E-state index >= 15 is 0 Å². The van der Waals surface area contributed by atoms with Gasteiger partial charge in [-0.3, -0.25) is 4.79 Å². The molecule has 1 heterocycles. The number of rotatable bonds is 10. The number of likely N-dealkylation sites (tertiary alicyclic amines) is 1. The molecule has 0 aliphatic carbocycles. The third-order valence-corrected chi connectivity index (χ3v) is 5.09. The van der Waals surface area contributed by atoms with Crippen molar-refractivity contribution < 1.29 is 9.53 Å². The molecule has 1 rings (SSSR count). The molecule has 0 bridgehead atoms. The van der Waals surface area contributed by atoms with Gasteiger partial charge in [-0.25, -0.2) is 0 Å². The Labute approximate surface area is 143 Å². The third-order valence-electron chi connectivity index (χ3n) is 5.09. The molecule has 1 aliphatic heterocycles. The van der Waals surface area contributed by atoms with Crippen LogP contribution in [-0.2, 0) is 9.53 Å². The van der Waals surface area contributed by atoms with Gasteiger partial charge in [-0.2, -0.15) is 0 Å². The summed E-state index contributed by atoms with van der Waals surface area (Å²) >= 11 is 0.